The summed E-state index contributed by atoms with van der Waals surface area (Å²) in [4.78, 5) is 30.6. The molecular formula is C28H28F3N3O4. The Labute approximate surface area is 217 Å². The van der Waals surface area contributed by atoms with Crippen molar-refractivity contribution in [3.05, 3.63) is 70.0 Å². The number of halogens is 3. The van der Waals surface area contributed by atoms with Gasteiger partial charge in [0.05, 0.1) is 29.9 Å². The Morgan fingerprint density at radius 3 is 2.61 bits per heavy atom. The number of aromatic amines is 1. The molecule has 38 heavy (non-hydrogen) atoms. The van der Waals surface area contributed by atoms with Crippen molar-refractivity contribution in [3.63, 3.8) is 0 Å². The van der Waals surface area contributed by atoms with E-state index in [0.29, 0.717) is 54.0 Å². The normalized spacial score (nSPS) is 21.1. The number of benzene rings is 2. The first-order valence-corrected chi connectivity index (χ1v) is 12.5. The molecule has 1 aromatic heterocycles. The number of anilines is 2. The molecule has 1 saturated heterocycles. The molecule has 7 nitrogen and oxygen atoms in total. The fourth-order valence-electron chi connectivity index (χ4n) is 5.03. The van der Waals surface area contributed by atoms with Crippen LogP contribution in [-0.4, -0.2) is 42.8 Å². The third-order valence-electron chi connectivity index (χ3n) is 6.66. The number of pyridine rings is 1. The molecule has 1 amide bonds. The van der Waals surface area contributed by atoms with E-state index in [2.05, 4.69) is 10.3 Å². The summed E-state index contributed by atoms with van der Waals surface area (Å²) in [6, 6.07) is 10.4. The standard InChI is InChI=1S/C28H28F3N3O4/c1-16-14-34(15-17(2)38-16)24-10-19-5-7-21(13-23(19)33-27(24)36)32-26(35)11-18-4-3-9-37-25-12-20(28(29,30)31)6-8-22(18)25/h5-8,10-13,16-17H,3-4,9,14-15H2,1-2H3,(H,32,35)(H,33,36)/b18-11+/t16-,17+. The lowest BCUT2D eigenvalue weighted by Gasteiger charge is -2.36. The van der Waals surface area contributed by atoms with Gasteiger partial charge in [-0.25, -0.2) is 0 Å². The van der Waals surface area contributed by atoms with Gasteiger partial charge in [-0.2, -0.15) is 13.2 Å². The predicted molar refractivity (Wildman–Crippen MR) is 140 cm³/mol. The van der Waals surface area contributed by atoms with Crippen LogP contribution in [0.1, 0.15) is 37.8 Å². The number of nitrogens with zero attached hydrogens (tertiary/aromatic N) is 1. The van der Waals surface area contributed by atoms with Crippen LogP contribution in [0.2, 0.25) is 0 Å². The highest BCUT2D eigenvalue weighted by Gasteiger charge is 2.32. The number of morpholine rings is 1. The van der Waals surface area contributed by atoms with Crippen molar-refractivity contribution in [3.8, 4) is 5.75 Å². The summed E-state index contributed by atoms with van der Waals surface area (Å²) in [6.45, 7) is 5.45. The van der Waals surface area contributed by atoms with Crippen molar-refractivity contribution in [1.82, 2.24) is 4.98 Å². The van der Waals surface area contributed by atoms with Gasteiger partial charge in [0.2, 0.25) is 5.91 Å². The molecule has 200 valence electrons. The van der Waals surface area contributed by atoms with Crippen LogP contribution in [0.5, 0.6) is 5.75 Å². The molecule has 2 atom stereocenters. The van der Waals surface area contributed by atoms with E-state index >= 15 is 0 Å². The van der Waals surface area contributed by atoms with Gasteiger partial charge < -0.3 is 24.7 Å². The first-order chi connectivity index (χ1) is 18.1. The molecule has 0 aliphatic carbocycles. The van der Waals surface area contributed by atoms with Gasteiger partial charge >= 0.3 is 6.18 Å². The molecule has 1 fully saturated rings. The third-order valence-corrected chi connectivity index (χ3v) is 6.66. The third kappa shape index (κ3) is 5.55. The molecular weight excluding hydrogens is 499 g/mol. The van der Waals surface area contributed by atoms with Crippen LogP contribution in [-0.2, 0) is 15.7 Å². The number of carbonyl (C=O) groups is 1. The highest BCUT2D eigenvalue weighted by molar-refractivity contribution is 6.05. The van der Waals surface area contributed by atoms with Crippen LogP contribution < -0.4 is 20.5 Å². The fraction of sp³-hybridized carbons (Fsp3) is 0.357. The number of ether oxygens (including phenoxy) is 2. The second kappa shape index (κ2) is 10.2. The molecule has 5 rings (SSSR count). The number of nitrogens with one attached hydrogen (secondary N) is 2. The summed E-state index contributed by atoms with van der Waals surface area (Å²) >= 11 is 0. The highest BCUT2D eigenvalue weighted by atomic mass is 19.4. The van der Waals surface area contributed by atoms with Gasteiger partial charge in [0.15, 0.2) is 0 Å². The Morgan fingerprint density at radius 1 is 1.11 bits per heavy atom. The minimum absolute atomic E-state index is 0.0132. The van der Waals surface area contributed by atoms with E-state index in [1.54, 1.807) is 12.1 Å². The van der Waals surface area contributed by atoms with Crippen molar-refractivity contribution >= 4 is 33.8 Å². The average Bonchev–Trinajstić information content (AvgIpc) is 3.04. The Balaban J connectivity index is 1.37. The molecule has 2 aliphatic heterocycles. The summed E-state index contributed by atoms with van der Waals surface area (Å²) in [5.41, 5.74) is 1.67. The zero-order chi connectivity index (χ0) is 27.0. The van der Waals surface area contributed by atoms with Crippen LogP contribution >= 0.6 is 0 Å². The van der Waals surface area contributed by atoms with Gasteiger partial charge in [-0.1, -0.05) is 12.1 Å². The molecule has 0 unspecified atom stereocenters. The van der Waals surface area contributed by atoms with Crippen LogP contribution in [0.15, 0.2) is 53.3 Å². The Bertz CT molecular complexity index is 1450. The van der Waals surface area contributed by atoms with Crippen molar-refractivity contribution in [2.24, 2.45) is 0 Å². The Kier molecular flexibility index (Phi) is 6.92. The molecule has 3 aromatic rings. The molecule has 2 N–H and O–H groups in total. The lowest BCUT2D eigenvalue weighted by molar-refractivity contribution is -0.137. The molecule has 2 aromatic carbocycles. The highest BCUT2D eigenvalue weighted by Crippen LogP contribution is 2.38. The minimum atomic E-state index is -4.48. The number of rotatable bonds is 3. The predicted octanol–water partition coefficient (Wildman–Crippen LogP) is 5.36. The fourth-order valence-corrected chi connectivity index (χ4v) is 5.03. The second-order valence-electron chi connectivity index (χ2n) is 9.77. The van der Waals surface area contributed by atoms with E-state index in [4.69, 9.17) is 9.47 Å². The molecule has 0 bridgehead atoms. The SMILES string of the molecule is C[C@@H]1CN(c2cc3ccc(NC(=O)/C=C4\CCCOc5cc(C(F)(F)F)ccc54)cc3[nH]c2=O)C[C@H](C)O1. The van der Waals surface area contributed by atoms with E-state index in [1.165, 1.54) is 12.1 Å². The van der Waals surface area contributed by atoms with Gasteiger partial charge in [0, 0.05) is 35.8 Å². The van der Waals surface area contributed by atoms with E-state index in [-0.39, 0.29) is 30.1 Å². The van der Waals surface area contributed by atoms with Gasteiger partial charge in [-0.3, -0.25) is 9.59 Å². The maximum Gasteiger partial charge on any atom is 0.416 e. The van der Waals surface area contributed by atoms with Crippen molar-refractivity contribution in [2.45, 2.75) is 45.1 Å². The van der Waals surface area contributed by atoms with Gasteiger partial charge in [0.1, 0.15) is 11.4 Å². The van der Waals surface area contributed by atoms with E-state index < -0.39 is 17.6 Å². The lowest BCUT2D eigenvalue weighted by Crippen LogP contribution is -2.47. The monoisotopic (exact) mass is 527 g/mol. The molecule has 0 saturated carbocycles. The van der Waals surface area contributed by atoms with Crippen LogP contribution in [0.3, 0.4) is 0 Å². The number of fused-ring (bicyclic) bond motifs is 2. The number of alkyl halides is 3. The Morgan fingerprint density at radius 2 is 1.87 bits per heavy atom. The Hall–Kier alpha value is -3.79. The summed E-state index contributed by atoms with van der Waals surface area (Å²) in [5, 5.41) is 3.61. The van der Waals surface area contributed by atoms with E-state index in [1.807, 2.05) is 30.9 Å². The average molecular weight is 528 g/mol. The largest absolute Gasteiger partial charge is 0.493 e. The van der Waals surface area contributed by atoms with Gasteiger partial charge in [0.25, 0.3) is 5.56 Å². The topological polar surface area (TPSA) is 83.7 Å². The van der Waals surface area contributed by atoms with E-state index in [0.717, 1.165) is 17.5 Å². The lowest BCUT2D eigenvalue weighted by atomic mass is 9.99. The molecule has 0 spiro atoms. The van der Waals surface area contributed by atoms with Crippen LogP contribution in [0.25, 0.3) is 16.5 Å². The first kappa shape index (κ1) is 25.8. The number of allylic oxidation sites excluding steroid dienone is 1. The van der Waals surface area contributed by atoms with E-state index in [9.17, 15) is 22.8 Å². The van der Waals surface area contributed by atoms with Crippen molar-refractivity contribution in [1.29, 1.82) is 0 Å². The summed E-state index contributed by atoms with van der Waals surface area (Å²) < 4.78 is 50.7. The van der Waals surface area contributed by atoms with Crippen LogP contribution in [0, 0.1) is 0 Å². The summed E-state index contributed by atoms with van der Waals surface area (Å²) in [6.07, 6.45) is -2.02. The number of hydrogen-bond donors (Lipinski definition) is 2. The quantitative estimate of drug-likeness (QED) is 0.449. The minimum Gasteiger partial charge on any atom is -0.493 e. The number of carbonyl (C=O) groups excluding carboxylic acids is 1. The van der Waals surface area contributed by atoms with Gasteiger partial charge in [-0.05, 0) is 62.6 Å². The second-order valence-corrected chi connectivity index (χ2v) is 9.77. The van der Waals surface area contributed by atoms with Crippen molar-refractivity contribution in [2.75, 3.05) is 29.9 Å². The molecule has 3 heterocycles. The van der Waals surface area contributed by atoms with Gasteiger partial charge in [-0.15, -0.1) is 0 Å². The summed E-state index contributed by atoms with van der Waals surface area (Å²) in [7, 11) is 0. The zero-order valence-electron chi connectivity index (χ0n) is 21.0. The first-order valence-electron chi connectivity index (χ1n) is 12.5. The van der Waals surface area contributed by atoms with Crippen molar-refractivity contribution < 1.29 is 27.4 Å². The zero-order valence-corrected chi connectivity index (χ0v) is 21.0. The molecule has 2 aliphatic rings. The number of amides is 1. The number of H-pyrrole nitrogens is 1. The molecule has 10 heteroatoms. The smallest absolute Gasteiger partial charge is 0.416 e. The van der Waals surface area contributed by atoms with Crippen LogP contribution in [0.4, 0.5) is 24.5 Å². The number of hydrogen-bond acceptors (Lipinski definition) is 5. The molecule has 0 radical (unpaired) electrons. The summed E-state index contributed by atoms with van der Waals surface area (Å²) in [5.74, 6) is -0.318. The maximum absolute atomic E-state index is 13.1. The number of aromatic nitrogens is 1. The maximum atomic E-state index is 13.1.